The quantitative estimate of drug-likeness (QED) is 0.0316. The van der Waals surface area contributed by atoms with Crippen LogP contribution in [0.2, 0.25) is 0 Å². The summed E-state index contributed by atoms with van der Waals surface area (Å²) in [6.07, 6.45) is 3.82. The molecule has 0 aromatic rings. The number of thioether (sulfide) groups is 1. The third-order valence-electron chi connectivity index (χ3n) is 5.93. The Kier molecular flexibility index (Phi) is 14.0. The zero-order chi connectivity index (χ0) is 25.2. The van der Waals surface area contributed by atoms with Gasteiger partial charge in [-0.25, -0.2) is 14.8 Å². The second kappa shape index (κ2) is 16.1. The van der Waals surface area contributed by atoms with Gasteiger partial charge in [-0.1, -0.05) is 11.5 Å². The Labute approximate surface area is 240 Å². The second-order valence-corrected chi connectivity index (χ2v) is 10.7. The van der Waals surface area contributed by atoms with Crippen molar-refractivity contribution in [3.63, 3.8) is 0 Å². The molecule has 3 amide bonds. The molecular formula is C20H31N4NaO9S2. The van der Waals surface area contributed by atoms with E-state index in [1.165, 1.54) is 5.06 Å². The van der Waals surface area contributed by atoms with Crippen molar-refractivity contribution in [3.05, 3.63) is 0 Å². The summed E-state index contributed by atoms with van der Waals surface area (Å²) in [6, 6.07) is 0.160. The van der Waals surface area contributed by atoms with E-state index >= 15 is 0 Å². The maximum Gasteiger partial charge on any atom is 1.00 e. The van der Waals surface area contributed by atoms with Crippen LogP contribution in [0.1, 0.15) is 46.4 Å². The molecule has 3 aliphatic rings. The summed E-state index contributed by atoms with van der Waals surface area (Å²) >= 11 is 2.12. The molecule has 0 aliphatic carbocycles. The number of amides is 3. The molecule has 0 aromatic carbocycles. The van der Waals surface area contributed by atoms with Crippen molar-refractivity contribution in [1.82, 2.24) is 21.0 Å². The Morgan fingerprint density at radius 2 is 1.97 bits per heavy atom. The van der Waals surface area contributed by atoms with Gasteiger partial charge in [0.15, 0.2) is 5.78 Å². The minimum Gasteiger partial charge on any atom is -1.00 e. The van der Waals surface area contributed by atoms with Crippen LogP contribution < -0.4 is 45.5 Å². The molecule has 3 rings (SSSR count). The zero-order valence-corrected chi connectivity index (χ0v) is 23.7. The SMILES string of the molecule is O=C(CNC(=O)CCCCC1SC[C@@H]2NC(=O)N[C@H]12)CC(SOOO)C(=O)C(=O)ON1CCCC1.[H-].[Na+]. The molecule has 0 aromatic heterocycles. The van der Waals surface area contributed by atoms with Gasteiger partial charge in [0, 0.05) is 49.0 Å². The van der Waals surface area contributed by atoms with Gasteiger partial charge in [0.05, 0.1) is 18.6 Å². The van der Waals surface area contributed by atoms with Crippen molar-refractivity contribution >= 4 is 53.3 Å². The van der Waals surface area contributed by atoms with Crippen molar-refractivity contribution in [3.8, 4) is 0 Å². The Balaban J connectivity index is 0.00000342. The van der Waals surface area contributed by atoms with Crippen LogP contribution in [0.3, 0.4) is 0 Å². The average Bonchev–Trinajstić information content (AvgIpc) is 3.56. The average molecular weight is 559 g/mol. The molecule has 3 heterocycles. The van der Waals surface area contributed by atoms with E-state index < -0.39 is 29.2 Å². The minimum atomic E-state index is -1.31. The number of hydroxylamine groups is 2. The van der Waals surface area contributed by atoms with E-state index in [0.29, 0.717) is 36.8 Å². The molecule has 3 saturated heterocycles. The van der Waals surface area contributed by atoms with Gasteiger partial charge >= 0.3 is 41.6 Å². The third-order valence-corrected chi connectivity index (χ3v) is 8.19. The van der Waals surface area contributed by atoms with E-state index in [0.717, 1.165) is 31.4 Å². The van der Waals surface area contributed by atoms with Crippen LogP contribution in [0, 0.1) is 0 Å². The first-order chi connectivity index (χ1) is 16.9. The van der Waals surface area contributed by atoms with Crippen LogP contribution in [0.4, 0.5) is 4.79 Å². The summed E-state index contributed by atoms with van der Waals surface area (Å²) in [5.74, 6) is -2.08. The van der Waals surface area contributed by atoms with Crippen molar-refractivity contribution in [2.75, 3.05) is 25.4 Å². The van der Waals surface area contributed by atoms with Gasteiger partial charge in [-0.3, -0.25) is 14.4 Å². The van der Waals surface area contributed by atoms with E-state index in [2.05, 4.69) is 25.3 Å². The van der Waals surface area contributed by atoms with E-state index in [1.54, 1.807) is 0 Å². The van der Waals surface area contributed by atoms with Crippen molar-refractivity contribution in [2.24, 2.45) is 0 Å². The monoisotopic (exact) mass is 558 g/mol. The number of unbranched alkanes of at least 4 members (excludes halogenated alkanes) is 1. The fourth-order valence-corrected chi connectivity index (χ4v) is 6.26. The number of fused-ring (bicyclic) bond motifs is 1. The summed E-state index contributed by atoms with van der Waals surface area (Å²) in [4.78, 5) is 65.3. The number of carbonyl (C=O) groups excluding carboxylic acids is 5. The summed E-state index contributed by atoms with van der Waals surface area (Å²) in [7, 11) is 0. The first-order valence-corrected chi connectivity index (χ1v) is 13.3. The van der Waals surface area contributed by atoms with Gasteiger partial charge in [0.1, 0.15) is 5.25 Å². The Morgan fingerprint density at radius 1 is 1.22 bits per heavy atom. The largest absolute Gasteiger partial charge is 1.00 e. The molecule has 0 spiro atoms. The molecule has 4 atom stereocenters. The topological polar surface area (TPSA) is 173 Å². The first kappa shape index (κ1) is 31.3. The number of ketones is 2. The van der Waals surface area contributed by atoms with Gasteiger partial charge < -0.3 is 22.2 Å². The first-order valence-electron chi connectivity index (χ1n) is 11.5. The molecule has 0 saturated carbocycles. The predicted molar refractivity (Wildman–Crippen MR) is 126 cm³/mol. The molecule has 198 valence electrons. The molecule has 0 bridgehead atoms. The van der Waals surface area contributed by atoms with Crippen molar-refractivity contribution in [1.29, 1.82) is 0 Å². The smallest absolute Gasteiger partial charge is 1.00 e. The van der Waals surface area contributed by atoms with Gasteiger partial charge in [0.25, 0.3) is 5.78 Å². The maximum atomic E-state index is 12.4. The number of nitrogens with one attached hydrogen (secondary N) is 3. The number of hydrogen-bond acceptors (Lipinski definition) is 12. The number of rotatable bonds is 15. The van der Waals surface area contributed by atoms with Crippen molar-refractivity contribution in [2.45, 2.75) is 67.5 Å². The molecule has 3 fully saturated rings. The van der Waals surface area contributed by atoms with Crippen LogP contribution in [0.25, 0.3) is 0 Å². The molecule has 0 radical (unpaired) electrons. The molecule has 4 N–H and O–H groups in total. The normalized spacial score (nSPS) is 23.7. The zero-order valence-electron chi connectivity index (χ0n) is 21.1. The van der Waals surface area contributed by atoms with Crippen LogP contribution in [0.5, 0.6) is 0 Å². The van der Waals surface area contributed by atoms with E-state index in [4.69, 9.17) is 10.1 Å². The summed E-state index contributed by atoms with van der Waals surface area (Å²) in [5, 5.41) is 20.6. The van der Waals surface area contributed by atoms with E-state index in [-0.39, 0.29) is 68.0 Å². The standard InChI is InChI=1S/C20H30N4O9S2.Na.H/c25-12(9-15(35-33-32-30)18(27)19(28)31-24-7-3-4-8-24)10-21-16(26)6-2-1-5-14-17-13(11-34-14)22-20(29)23-17;;/h13-15,17,30H,1-11H2,(H,21,26)(H2,22,23,29);;/q;+1;-1/t13-,14?,15?,17-;;/m0../s1. The van der Waals surface area contributed by atoms with Gasteiger partial charge in [0.2, 0.25) is 5.91 Å². The molecule has 2 unspecified atom stereocenters. The Hall–Kier alpha value is -0.910. The second-order valence-electron chi connectivity index (χ2n) is 8.49. The summed E-state index contributed by atoms with van der Waals surface area (Å²) in [5.41, 5.74) is 0. The van der Waals surface area contributed by atoms with Gasteiger partial charge in [-0.15, -0.1) is 9.40 Å². The number of carbonyl (C=O) groups is 5. The van der Waals surface area contributed by atoms with Crippen LogP contribution in [0.15, 0.2) is 0 Å². The van der Waals surface area contributed by atoms with Crippen LogP contribution in [-0.2, 0) is 33.4 Å². The predicted octanol–water partition coefficient (Wildman–Crippen LogP) is -2.53. The van der Waals surface area contributed by atoms with Crippen molar-refractivity contribution < 1.29 is 74.4 Å². The minimum absolute atomic E-state index is 0. The number of urea groups is 1. The molecule has 13 nitrogen and oxygen atoms in total. The molecular weight excluding hydrogens is 527 g/mol. The van der Waals surface area contributed by atoms with Gasteiger partial charge in [-0.05, 0) is 25.7 Å². The molecule has 3 aliphatic heterocycles. The van der Waals surface area contributed by atoms with E-state index in [9.17, 15) is 24.0 Å². The third kappa shape index (κ3) is 9.76. The Bertz CT molecular complexity index is 810. The fourth-order valence-electron chi connectivity index (χ4n) is 4.15. The maximum absolute atomic E-state index is 12.4. The Morgan fingerprint density at radius 3 is 2.69 bits per heavy atom. The summed E-state index contributed by atoms with van der Waals surface area (Å²) in [6.45, 7) is 0.725. The van der Waals surface area contributed by atoms with Crippen LogP contribution >= 0.6 is 23.8 Å². The summed E-state index contributed by atoms with van der Waals surface area (Å²) < 4.78 is 4.26. The number of nitrogens with zero attached hydrogens (tertiary/aromatic N) is 1. The molecule has 36 heavy (non-hydrogen) atoms. The van der Waals surface area contributed by atoms with Crippen LogP contribution in [-0.4, -0.2) is 87.8 Å². The number of Topliss-reactive ketones (excluding diaryl/α,β-unsaturated/α-hetero) is 2. The van der Waals surface area contributed by atoms with Gasteiger partial charge in [-0.2, -0.15) is 11.8 Å². The fraction of sp³-hybridized carbons (Fsp3) is 0.750. The molecule has 16 heteroatoms. The van der Waals surface area contributed by atoms with E-state index in [1.807, 2.05) is 11.8 Å². The number of hydrogen-bond donors (Lipinski definition) is 4.